The minimum absolute atomic E-state index is 2.08. The summed E-state index contributed by atoms with van der Waals surface area (Å²) in [6, 6.07) is 0. The molecule has 0 saturated heterocycles. The van der Waals surface area contributed by atoms with E-state index in [2.05, 4.69) is 6.58 Å². The van der Waals surface area contributed by atoms with Gasteiger partial charge in [-0.05, 0) is 0 Å². The van der Waals surface area contributed by atoms with Crippen molar-refractivity contribution in [2.24, 2.45) is 0 Å². The quantitative estimate of drug-likeness (QED) is 0.408. The second-order valence-corrected chi connectivity index (χ2v) is 2.92. The van der Waals surface area contributed by atoms with E-state index in [1.54, 1.807) is 0 Å². The normalized spacial score (nSPS) is 11.8. The van der Waals surface area contributed by atoms with Gasteiger partial charge in [0.25, 0.3) is 0 Å². The van der Waals surface area contributed by atoms with Crippen LogP contribution < -0.4 is 0 Å². The average Bonchev–Trinajstić information content (AvgIpc) is 2.22. The second-order valence-electron chi connectivity index (χ2n) is 2.92. The predicted octanol–water partition coefficient (Wildman–Crippen LogP) is 3.96. The molecule has 1 aromatic carbocycles. The summed E-state index contributed by atoms with van der Waals surface area (Å²) >= 11 is 0. The van der Waals surface area contributed by atoms with E-state index < -0.39 is 46.4 Å². The Bertz CT molecular complexity index is 456. The Labute approximate surface area is 89.2 Å². The van der Waals surface area contributed by atoms with E-state index in [4.69, 9.17) is 0 Å². The van der Waals surface area contributed by atoms with Crippen molar-refractivity contribution in [2.75, 3.05) is 0 Å². The summed E-state index contributed by atoms with van der Waals surface area (Å²) < 4.78 is 99.7. The van der Waals surface area contributed by atoms with Crippen molar-refractivity contribution in [3.63, 3.8) is 0 Å². The van der Waals surface area contributed by atoms with Crippen LogP contribution in [0.4, 0.5) is 35.1 Å². The first-order valence-electron chi connectivity index (χ1n) is 3.87. The van der Waals surface area contributed by atoms with E-state index in [9.17, 15) is 35.1 Å². The van der Waals surface area contributed by atoms with E-state index in [1.165, 1.54) is 0 Å². The first-order chi connectivity index (χ1) is 7.59. The Balaban J connectivity index is 3.62. The van der Waals surface area contributed by atoms with Gasteiger partial charge in [0.2, 0.25) is 5.82 Å². The van der Waals surface area contributed by atoms with E-state index in [1.807, 2.05) is 0 Å². The molecule has 0 aromatic heterocycles. The molecule has 1 rings (SSSR count). The lowest BCUT2D eigenvalue weighted by atomic mass is 10.0. The molecule has 94 valence electrons. The molecule has 0 aliphatic carbocycles. The van der Waals surface area contributed by atoms with Gasteiger partial charge in [0.15, 0.2) is 23.3 Å². The van der Waals surface area contributed by atoms with Gasteiger partial charge in [-0.25, -0.2) is 22.0 Å². The fourth-order valence-corrected chi connectivity index (χ4v) is 1.01. The van der Waals surface area contributed by atoms with Crippen LogP contribution in [-0.4, -0.2) is 6.18 Å². The molecule has 0 aliphatic rings. The molecule has 0 fully saturated rings. The molecule has 0 saturated carbocycles. The Morgan fingerprint density at radius 2 is 1.00 bits per heavy atom. The summed E-state index contributed by atoms with van der Waals surface area (Å²) in [6.45, 7) is 2.27. The van der Waals surface area contributed by atoms with Crippen molar-refractivity contribution in [1.82, 2.24) is 0 Å². The van der Waals surface area contributed by atoms with Gasteiger partial charge in [0, 0.05) is 0 Å². The third-order valence-electron chi connectivity index (χ3n) is 1.85. The molecule has 0 spiro atoms. The number of benzene rings is 1. The van der Waals surface area contributed by atoms with Crippen LogP contribution in [0.5, 0.6) is 0 Å². The van der Waals surface area contributed by atoms with Gasteiger partial charge >= 0.3 is 6.18 Å². The highest BCUT2D eigenvalue weighted by Crippen LogP contribution is 2.37. The first kappa shape index (κ1) is 13.5. The Kier molecular flexibility index (Phi) is 3.17. The number of alkyl halides is 3. The van der Waals surface area contributed by atoms with Gasteiger partial charge in [-0.15, -0.1) is 0 Å². The SMILES string of the molecule is C=C(c1c(F)c(F)c(F)c(F)c1F)C(F)(F)F. The zero-order valence-electron chi connectivity index (χ0n) is 7.73. The molecule has 8 heteroatoms. The van der Waals surface area contributed by atoms with Crippen LogP contribution in [-0.2, 0) is 0 Å². The predicted molar refractivity (Wildman–Crippen MR) is 41.3 cm³/mol. The third-order valence-corrected chi connectivity index (χ3v) is 1.85. The Hall–Kier alpha value is -1.60. The van der Waals surface area contributed by atoms with Crippen molar-refractivity contribution in [2.45, 2.75) is 6.18 Å². The largest absolute Gasteiger partial charge is 0.416 e. The van der Waals surface area contributed by atoms with E-state index in [0.29, 0.717) is 0 Å². The van der Waals surface area contributed by atoms with Crippen LogP contribution in [0.1, 0.15) is 5.56 Å². The number of halogens is 8. The van der Waals surface area contributed by atoms with Crippen molar-refractivity contribution >= 4 is 5.57 Å². The van der Waals surface area contributed by atoms with Gasteiger partial charge in [0.05, 0.1) is 11.1 Å². The molecular weight excluding hydrogens is 260 g/mol. The lowest BCUT2D eigenvalue weighted by molar-refractivity contribution is -0.0691. The molecule has 0 nitrogen and oxygen atoms in total. The summed E-state index contributed by atoms with van der Waals surface area (Å²) in [5, 5.41) is 0. The minimum atomic E-state index is -5.31. The van der Waals surface area contributed by atoms with Crippen molar-refractivity contribution < 1.29 is 35.1 Å². The fraction of sp³-hybridized carbons (Fsp3) is 0.111. The summed E-state index contributed by atoms with van der Waals surface area (Å²) in [6.07, 6.45) is -5.31. The second kappa shape index (κ2) is 4.01. The number of rotatable bonds is 1. The zero-order valence-corrected chi connectivity index (χ0v) is 7.73. The highest BCUT2D eigenvalue weighted by atomic mass is 19.4. The van der Waals surface area contributed by atoms with Crippen molar-refractivity contribution in [1.29, 1.82) is 0 Å². The van der Waals surface area contributed by atoms with E-state index in [-0.39, 0.29) is 0 Å². The highest BCUT2D eigenvalue weighted by molar-refractivity contribution is 5.68. The third kappa shape index (κ3) is 2.11. The maximum absolute atomic E-state index is 12.9. The molecule has 1 aromatic rings. The summed E-state index contributed by atoms with van der Waals surface area (Å²) in [7, 11) is 0. The maximum atomic E-state index is 12.9. The molecule has 0 amide bonds. The molecule has 0 atom stereocenters. The monoisotopic (exact) mass is 262 g/mol. The average molecular weight is 262 g/mol. The number of allylic oxidation sites excluding steroid dienone is 1. The van der Waals surface area contributed by atoms with Crippen molar-refractivity contribution in [3.05, 3.63) is 41.2 Å². The van der Waals surface area contributed by atoms with Crippen LogP contribution in [0.2, 0.25) is 0 Å². The Morgan fingerprint density at radius 1 is 0.706 bits per heavy atom. The van der Waals surface area contributed by atoms with Crippen LogP contribution in [0.15, 0.2) is 6.58 Å². The molecule has 0 N–H and O–H groups in total. The lowest BCUT2D eigenvalue weighted by Gasteiger charge is -2.13. The van der Waals surface area contributed by atoms with Crippen LogP contribution >= 0.6 is 0 Å². The molecule has 0 radical (unpaired) electrons. The van der Waals surface area contributed by atoms with Crippen LogP contribution in [0.3, 0.4) is 0 Å². The molecule has 0 aliphatic heterocycles. The molecule has 0 unspecified atom stereocenters. The fourth-order valence-electron chi connectivity index (χ4n) is 1.01. The molecular formula is C9H2F8. The maximum Gasteiger partial charge on any atom is 0.416 e. The highest BCUT2D eigenvalue weighted by Gasteiger charge is 2.39. The first-order valence-corrected chi connectivity index (χ1v) is 3.87. The molecule has 17 heavy (non-hydrogen) atoms. The topological polar surface area (TPSA) is 0 Å². The van der Waals surface area contributed by atoms with Crippen LogP contribution in [0, 0.1) is 29.1 Å². The zero-order chi connectivity index (χ0) is 13.5. The van der Waals surface area contributed by atoms with Gasteiger partial charge < -0.3 is 0 Å². The molecule has 0 heterocycles. The standard InChI is InChI=1S/C9H2F8/c1-2(9(15,16)17)3-4(10)6(12)8(14)7(13)5(3)11/h1H2. The van der Waals surface area contributed by atoms with Gasteiger partial charge in [0.1, 0.15) is 0 Å². The van der Waals surface area contributed by atoms with Gasteiger partial charge in [-0.2, -0.15) is 13.2 Å². The van der Waals surface area contributed by atoms with E-state index in [0.717, 1.165) is 0 Å². The molecule has 0 bridgehead atoms. The number of hydrogen-bond donors (Lipinski definition) is 0. The van der Waals surface area contributed by atoms with Gasteiger partial charge in [-0.1, -0.05) is 6.58 Å². The van der Waals surface area contributed by atoms with Crippen LogP contribution in [0.25, 0.3) is 5.57 Å². The Morgan fingerprint density at radius 3 is 1.29 bits per heavy atom. The van der Waals surface area contributed by atoms with E-state index >= 15 is 0 Å². The summed E-state index contributed by atoms with van der Waals surface area (Å²) in [5.74, 6) is -12.6. The minimum Gasteiger partial charge on any atom is -0.203 e. The smallest absolute Gasteiger partial charge is 0.203 e. The van der Waals surface area contributed by atoms with Crippen molar-refractivity contribution in [3.8, 4) is 0 Å². The summed E-state index contributed by atoms with van der Waals surface area (Å²) in [4.78, 5) is 0. The summed E-state index contributed by atoms with van der Waals surface area (Å²) in [5.41, 5.74) is -4.22. The lowest BCUT2D eigenvalue weighted by Crippen LogP contribution is -2.15. The number of hydrogen-bond acceptors (Lipinski definition) is 0. The van der Waals surface area contributed by atoms with Gasteiger partial charge in [-0.3, -0.25) is 0 Å².